The number of halogens is 2. The van der Waals surface area contributed by atoms with Crippen LogP contribution >= 0.6 is 27.7 Å². The average molecular weight is 291 g/mol. The molecule has 0 radical (unpaired) electrons. The summed E-state index contributed by atoms with van der Waals surface area (Å²) in [6.45, 7) is 2.18. The van der Waals surface area contributed by atoms with Crippen LogP contribution < -0.4 is 0 Å². The smallest absolute Gasteiger partial charge is 0.136 e. The maximum atomic E-state index is 13.3. The fourth-order valence-electron chi connectivity index (χ4n) is 1.38. The molecule has 1 unspecified atom stereocenters. The summed E-state index contributed by atoms with van der Waals surface area (Å²) >= 11 is 5.12. The molecule has 1 rings (SSSR count). The molecule has 15 heavy (non-hydrogen) atoms. The number of benzene rings is 1. The zero-order valence-electron chi connectivity index (χ0n) is 8.88. The summed E-state index contributed by atoms with van der Waals surface area (Å²) in [6, 6.07) is 6.98. The number of hydrogen-bond acceptors (Lipinski definition) is 1. The Hall–Kier alpha value is -0.0200. The van der Waals surface area contributed by atoms with Crippen molar-refractivity contribution in [2.45, 2.75) is 24.7 Å². The van der Waals surface area contributed by atoms with Gasteiger partial charge < -0.3 is 0 Å². The van der Waals surface area contributed by atoms with Crippen molar-refractivity contribution >= 4 is 27.7 Å². The zero-order valence-corrected chi connectivity index (χ0v) is 11.3. The normalized spacial score (nSPS) is 12.7. The van der Waals surface area contributed by atoms with E-state index in [4.69, 9.17) is 0 Å². The van der Waals surface area contributed by atoms with Crippen LogP contribution in [0.4, 0.5) is 4.39 Å². The highest BCUT2D eigenvalue weighted by atomic mass is 79.9. The molecule has 1 aromatic carbocycles. The molecule has 0 aliphatic rings. The molecule has 0 spiro atoms. The highest BCUT2D eigenvalue weighted by Gasteiger charge is 2.08. The summed E-state index contributed by atoms with van der Waals surface area (Å²) in [5, 5.41) is 1.00. The monoisotopic (exact) mass is 290 g/mol. The third-order valence-electron chi connectivity index (χ3n) is 2.23. The van der Waals surface area contributed by atoms with E-state index in [1.165, 1.54) is 18.9 Å². The topological polar surface area (TPSA) is 0 Å². The highest BCUT2D eigenvalue weighted by molar-refractivity contribution is 9.09. The third-order valence-corrected chi connectivity index (χ3v) is 4.42. The summed E-state index contributed by atoms with van der Waals surface area (Å²) in [4.78, 5) is 0.763. The minimum atomic E-state index is -0.104. The van der Waals surface area contributed by atoms with E-state index in [2.05, 4.69) is 22.9 Å². The first-order valence-electron chi connectivity index (χ1n) is 5.21. The lowest BCUT2D eigenvalue weighted by molar-refractivity contribution is 0.590. The van der Waals surface area contributed by atoms with Crippen LogP contribution in [0.2, 0.25) is 0 Å². The Morgan fingerprint density at radius 2 is 2.13 bits per heavy atom. The van der Waals surface area contributed by atoms with Crippen LogP contribution in [0.15, 0.2) is 29.2 Å². The van der Waals surface area contributed by atoms with E-state index in [9.17, 15) is 4.39 Å². The molecule has 0 saturated carbocycles. The van der Waals surface area contributed by atoms with Crippen molar-refractivity contribution < 1.29 is 4.39 Å². The number of hydrogen-bond donors (Lipinski definition) is 0. The lowest BCUT2D eigenvalue weighted by atomic mass is 10.1. The number of thioether (sulfide) groups is 1. The van der Waals surface area contributed by atoms with Crippen LogP contribution in [0.5, 0.6) is 0 Å². The minimum Gasteiger partial charge on any atom is -0.206 e. The molecule has 1 aromatic rings. The summed E-state index contributed by atoms with van der Waals surface area (Å²) in [7, 11) is 0. The van der Waals surface area contributed by atoms with Crippen LogP contribution in [0, 0.1) is 11.7 Å². The molecule has 0 aliphatic heterocycles. The second-order valence-corrected chi connectivity index (χ2v) is 5.26. The molecular formula is C12H16BrFS. The molecule has 0 N–H and O–H groups in total. The highest BCUT2D eigenvalue weighted by Crippen LogP contribution is 2.25. The average Bonchev–Trinajstić information content (AvgIpc) is 2.26. The van der Waals surface area contributed by atoms with Crippen LogP contribution in [-0.4, -0.2) is 11.1 Å². The molecule has 0 nitrogen and oxygen atoms in total. The van der Waals surface area contributed by atoms with Gasteiger partial charge in [0.1, 0.15) is 5.82 Å². The van der Waals surface area contributed by atoms with Crippen LogP contribution in [0.3, 0.4) is 0 Å². The maximum Gasteiger partial charge on any atom is 0.136 e. The van der Waals surface area contributed by atoms with Crippen molar-refractivity contribution in [3.63, 3.8) is 0 Å². The van der Waals surface area contributed by atoms with Gasteiger partial charge in [-0.15, -0.1) is 11.8 Å². The van der Waals surface area contributed by atoms with Gasteiger partial charge in [0.25, 0.3) is 0 Å². The van der Waals surface area contributed by atoms with E-state index in [0.29, 0.717) is 5.92 Å². The van der Waals surface area contributed by atoms with Gasteiger partial charge in [-0.25, -0.2) is 4.39 Å². The SMILES string of the molecule is CCCC(CBr)CSc1ccccc1F. The standard InChI is InChI=1S/C12H16BrFS/c1-2-5-10(8-13)9-15-12-7-4-3-6-11(12)14/h3-4,6-7,10H,2,5,8-9H2,1H3. The molecule has 1 atom stereocenters. The first-order valence-corrected chi connectivity index (χ1v) is 7.32. The lowest BCUT2D eigenvalue weighted by Gasteiger charge is -2.12. The Bertz CT molecular complexity index is 291. The molecule has 0 fully saturated rings. The second-order valence-electron chi connectivity index (χ2n) is 3.55. The van der Waals surface area contributed by atoms with Crippen LogP contribution in [0.25, 0.3) is 0 Å². The lowest BCUT2D eigenvalue weighted by Crippen LogP contribution is -2.04. The first-order chi connectivity index (χ1) is 7.27. The zero-order chi connectivity index (χ0) is 11.1. The van der Waals surface area contributed by atoms with Gasteiger partial charge in [0, 0.05) is 16.0 Å². The van der Waals surface area contributed by atoms with Crippen molar-refractivity contribution in [2.24, 2.45) is 5.92 Å². The van der Waals surface area contributed by atoms with Gasteiger partial charge in [-0.3, -0.25) is 0 Å². The third kappa shape index (κ3) is 4.56. The summed E-state index contributed by atoms with van der Waals surface area (Å²) in [6.07, 6.45) is 2.39. The Labute approximate surface area is 104 Å². The van der Waals surface area contributed by atoms with Gasteiger partial charge in [-0.05, 0) is 24.5 Å². The van der Waals surface area contributed by atoms with E-state index in [-0.39, 0.29) is 5.82 Å². The molecule has 0 saturated heterocycles. The van der Waals surface area contributed by atoms with Crippen molar-refractivity contribution in [1.29, 1.82) is 0 Å². The van der Waals surface area contributed by atoms with Crippen LogP contribution in [0.1, 0.15) is 19.8 Å². The molecule has 0 bridgehead atoms. The predicted octanol–water partition coefficient (Wildman–Crippen LogP) is 4.73. The van der Waals surface area contributed by atoms with Crippen LogP contribution in [-0.2, 0) is 0 Å². The van der Waals surface area contributed by atoms with Gasteiger partial charge >= 0.3 is 0 Å². The molecule has 0 heterocycles. The summed E-state index contributed by atoms with van der Waals surface area (Å²) in [5.41, 5.74) is 0. The Morgan fingerprint density at radius 3 is 2.73 bits per heavy atom. The first kappa shape index (κ1) is 13.0. The van der Waals surface area contributed by atoms with E-state index in [0.717, 1.165) is 16.0 Å². The summed E-state index contributed by atoms with van der Waals surface area (Å²) in [5.74, 6) is 1.52. The second kappa shape index (κ2) is 7.29. The van der Waals surface area contributed by atoms with Gasteiger partial charge in [0.2, 0.25) is 0 Å². The van der Waals surface area contributed by atoms with Gasteiger partial charge in [0.05, 0.1) is 0 Å². The Balaban J connectivity index is 2.45. The van der Waals surface area contributed by atoms with Crippen molar-refractivity contribution in [3.8, 4) is 0 Å². The van der Waals surface area contributed by atoms with E-state index < -0.39 is 0 Å². The number of alkyl halides is 1. The molecule has 0 aliphatic carbocycles. The van der Waals surface area contributed by atoms with Gasteiger partial charge in [-0.2, -0.15) is 0 Å². The molecule has 0 aromatic heterocycles. The van der Waals surface area contributed by atoms with E-state index in [1.807, 2.05) is 12.1 Å². The quantitative estimate of drug-likeness (QED) is 0.539. The van der Waals surface area contributed by atoms with Crippen molar-refractivity contribution in [1.82, 2.24) is 0 Å². The number of rotatable bonds is 6. The fraction of sp³-hybridized carbons (Fsp3) is 0.500. The fourth-order valence-corrected chi connectivity index (χ4v) is 3.32. The molecule has 3 heteroatoms. The summed E-state index contributed by atoms with van der Waals surface area (Å²) < 4.78 is 13.3. The van der Waals surface area contributed by atoms with E-state index >= 15 is 0 Å². The maximum absolute atomic E-state index is 13.3. The Morgan fingerprint density at radius 1 is 1.40 bits per heavy atom. The Kier molecular flexibility index (Phi) is 6.34. The molecular weight excluding hydrogens is 275 g/mol. The molecule has 84 valence electrons. The van der Waals surface area contributed by atoms with Gasteiger partial charge in [-0.1, -0.05) is 41.4 Å². The van der Waals surface area contributed by atoms with Crippen molar-refractivity contribution in [2.75, 3.05) is 11.1 Å². The van der Waals surface area contributed by atoms with E-state index in [1.54, 1.807) is 17.8 Å². The van der Waals surface area contributed by atoms with Gasteiger partial charge in [0.15, 0.2) is 0 Å². The minimum absolute atomic E-state index is 0.104. The predicted molar refractivity (Wildman–Crippen MR) is 69.3 cm³/mol. The molecule has 0 amide bonds. The van der Waals surface area contributed by atoms with Crippen molar-refractivity contribution in [3.05, 3.63) is 30.1 Å². The largest absolute Gasteiger partial charge is 0.206 e.